The minimum atomic E-state index is -0.438. The number of carbonyl (C=O) groups excluding carboxylic acids is 1. The van der Waals surface area contributed by atoms with E-state index in [4.69, 9.17) is 0 Å². The van der Waals surface area contributed by atoms with Gasteiger partial charge in [-0.05, 0) is 61.2 Å². The highest BCUT2D eigenvalue weighted by molar-refractivity contribution is 5.80. The molecule has 1 aromatic heterocycles. The molecule has 1 fully saturated rings. The lowest BCUT2D eigenvalue weighted by Crippen LogP contribution is -2.42. The van der Waals surface area contributed by atoms with Gasteiger partial charge in [0.25, 0.3) is 0 Å². The standard InChI is InChI=1S/C22H21FN4O2/c23-17-3-1-2-16(12-17)22(10-11-22)24-21(29)15-6-9-19-25-26-20(27(19)13-15)14-4-7-18(28)8-5-14/h1-5,7-8,12,15,28H,6,9-11,13H2,(H,24,29). The molecule has 5 rings (SSSR count). The summed E-state index contributed by atoms with van der Waals surface area (Å²) in [7, 11) is 0. The zero-order valence-corrected chi connectivity index (χ0v) is 15.8. The van der Waals surface area contributed by atoms with Crippen LogP contribution in [0.4, 0.5) is 4.39 Å². The Morgan fingerprint density at radius 2 is 1.97 bits per heavy atom. The van der Waals surface area contributed by atoms with Crippen molar-refractivity contribution in [2.45, 2.75) is 37.8 Å². The Kier molecular flexibility index (Phi) is 4.12. The van der Waals surface area contributed by atoms with Gasteiger partial charge in [0, 0.05) is 18.5 Å². The van der Waals surface area contributed by atoms with Gasteiger partial charge >= 0.3 is 0 Å². The van der Waals surface area contributed by atoms with Gasteiger partial charge in [-0.1, -0.05) is 12.1 Å². The monoisotopic (exact) mass is 392 g/mol. The average molecular weight is 392 g/mol. The van der Waals surface area contributed by atoms with E-state index in [-0.39, 0.29) is 23.4 Å². The normalized spacial score (nSPS) is 19.4. The number of phenolic OH excluding ortho intramolecular Hbond substituents is 1. The Bertz CT molecular complexity index is 1070. The maximum Gasteiger partial charge on any atom is 0.225 e. The summed E-state index contributed by atoms with van der Waals surface area (Å²) in [5, 5.41) is 21.3. The van der Waals surface area contributed by atoms with Crippen LogP contribution < -0.4 is 5.32 Å². The van der Waals surface area contributed by atoms with Crippen molar-refractivity contribution in [3.8, 4) is 17.1 Å². The van der Waals surface area contributed by atoms with Gasteiger partial charge < -0.3 is 15.0 Å². The number of fused-ring (bicyclic) bond motifs is 1. The molecule has 2 aliphatic rings. The fraction of sp³-hybridized carbons (Fsp3) is 0.318. The lowest BCUT2D eigenvalue weighted by molar-refractivity contribution is -0.127. The van der Waals surface area contributed by atoms with Crippen molar-refractivity contribution < 1.29 is 14.3 Å². The molecule has 0 saturated heterocycles. The summed E-state index contributed by atoms with van der Waals surface area (Å²) in [5.74, 6) is 1.26. The first-order valence-corrected chi connectivity index (χ1v) is 9.84. The van der Waals surface area contributed by atoms with E-state index >= 15 is 0 Å². The summed E-state index contributed by atoms with van der Waals surface area (Å²) >= 11 is 0. The molecule has 1 atom stereocenters. The second kappa shape index (κ2) is 6.69. The number of aryl methyl sites for hydroxylation is 1. The van der Waals surface area contributed by atoms with Gasteiger partial charge in [0.05, 0.1) is 11.5 Å². The Morgan fingerprint density at radius 1 is 1.17 bits per heavy atom. The molecule has 0 spiro atoms. The van der Waals surface area contributed by atoms with Crippen molar-refractivity contribution in [3.05, 3.63) is 65.7 Å². The molecule has 29 heavy (non-hydrogen) atoms. The molecule has 2 aromatic carbocycles. The highest BCUT2D eigenvalue weighted by Crippen LogP contribution is 2.46. The highest BCUT2D eigenvalue weighted by atomic mass is 19.1. The molecule has 0 radical (unpaired) electrons. The fourth-order valence-corrected chi connectivity index (χ4v) is 4.10. The van der Waals surface area contributed by atoms with Crippen LogP contribution >= 0.6 is 0 Å². The van der Waals surface area contributed by atoms with E-state index < -0.39 is 5.54 Å². The number of hydrogen-bond donors (Lipinski definition) is 2. The van der Waals surface area contributed by atoms with Gasteiger partial charge in [0.1, 0.15) is 17.4 Å². The number of nitrogens with zero attached hydrogens (tertiary/aromatic N) is 3. The van der Waals surface area contributed by atoms with Crippen LogP contribution in [-0.4, -0.2) is 25.8 Å². The molecule has 7 heteroatoms. The molecule has 6 nitrogen and oxygen atoms in total. The van der Waals surface area contributed by atoms with Gasteiger partial charge in [-0.25, -0.2) is 4.39 Å². The first-order valence-electron chi connectivity index (χ1n) is 9.84. The molecule has 148 valence electrons. The minimum absolute atomic E-state index is 0.0113. The van der Waals surface area contributed by atoms with Crippen LogP contribution in [0.5, 0.6) is 5.75 Å². The molecule has 1 saturated carbocycles. The van der Waals surface area contributed by atoms with E-state index in [1.807, 2.05) is 10.6 Å². The number of amides is 1. The summed E-state index contributed by atoms with van der Waals surface area (Å²) in [6.45, 7) is 0.504. The number of rotatable bonds is 4. The van der Waals surface area contributed by atoms with Crippen LogP contribution in [-0.2, 0) is 23.3 Å². The Morgan fingerprint density at radius 3 is 2.69 bits per heavy atom. The Labute approximate surface area is 167 Å². The van der Waals surface area contributed by atoms with Crippen molar-refractivity contribution in [1.82, 2.24) is 20.1 Å². The second-order valence-corrected chi connectivity index (χ2v) is 7.91. The molecular formula is C22H21FN4O2. The van der Waals surface area contributed by atoms with Crippen molar-refractivity contribution in [2.75, 3.05) is 0 Å². The molecule has 2 N–H and O–H groups in total. The second-order valence-electron chi connectivity index (χ2n) is 7.91. The van der Waals surface area contributed by atoms with Crippen LogP contribution in [0.1, 0.15) is 30.7 Å². The Hall–Kier alpha value is -3.22. The number of phenols is 1. The predicted molar refractivity (Wildman–Crippen MR) is 104 cm³/mol. The van der Waals surface area contributed by atoms with Crippen LogP contribution in [0.25, 0.3) is 11.4 Å². The zero-order chi connectivity index (χ0) is 20.0. The Balaban J connectivity index is 1.35. The van der Waals surface area contributed by atoms with Crippen LogP contribution in [0.2, 0.25) is 0 Å². The predicted octanol–water partition coefficient (Wildman–Crippen LogP) is 3.16. The van der Waals surface area contributed by atoms with Crippen molar-refractivity contribution >= 4 is 5.91 Å². The highest BCUT2D eigenvalue weighted by Gasteiger charge is 2.47. The third kappa shape index (κ3) is 3.26. The number of aromatic hydroxyl groups is 1. The van der Waals surface area contributed by atoms with E-state index in [2.05, 4.69) is 15.5 Å². The molecule has 1 aliphatic carbocycles. The summed E-state index contributed by atoms with van der Waals surface area (Å²) in [4.78, 5) is 13.0. The molecular weight excluding hydrogens is 371 g/mol. The molecule has 1 amide bonds. The first kappa shape index (κ1) is 17.8. The maximum atomic E-state index is 13.6. The smallest absolute Gasteiger partial charge is 0.225 e. The summed E-state index contributed by atoms with van der Waals surface area (Å²) in [5.41, 5.74) is 1.24. The summed E-state index contributed by atoms with van der Waals surface area (Å²) in [6.07, 6.45) is 3.03. The number of nitrogens with one attached hydrogen (secondary N) is 1. The van der Waals surface area contributed by atoms with Gasteiger partial charge in [-0.3, -0.25) is 4.79 Å². The zero-order valence-electron chi connectivity index (χ0n) is 15.8. The number of carbonyl (C=O) groups is 1. The summed E-state index contributed by atoms with van der Waals surface area (Å²) < 4.78 is 15.6. The number of aromatic nitrogens is 3. The molecule has 2 heterocycles. The van der Waals surface area contributed by atoms with Crippen molar-refractivity contribution in [1.29, 1.82) is 0 Å². The number of hydrogen-bond acceptors (Lipinski definition) is 4. The van der Waals surface area contributed by atoms with Crippen molar-refractivity contribution in [2.24, 2.45) is 5.92 Å². The third-order valence-electron chi connectivity index (χ3n) is 5.93. The lowest BCUT2D eigenvalue weighted by Gasteiger charge is -2.26. The number of halogens is 1. The van der Waals surface area contributed by atoms with Crippen LogP contribution in [0, 0.1) is 11.7 Å². The van der Waals surface area contributed by atoms with Crippen molar-refractivity contribution in [3.63, 3.8) is 0 Å². The van der Waals surface area contributed by atoms with Gasteiger partial charge in [-0.2, -0.15) is 0 Å². The average Bonchev–Trinajstić information content (AvgIpc) is 3.38. The topological polar surface area (TPSA) is 80.0 Å². The van der Waals surface area contributed by atoms with E-state index in [0.717, 1.165) is 29.8 Å². The molecule has 0 bridgehead atoms. The van der Waals surface area contributed by atoms with Crippen LogP contribution in [0.3, 0.4) is 0 Å². The number of benzene rings is 2. The minimum Gasteiger partial charge on any atom is -0.508 e. The summed E-state index contributed by atoms with van der Waals surface area (Å²) in [6, 6.07) is 13.3. The van der Waals surface area contributed by atoms with Gasteiger partial charge in [0.2, 0.25) is 5.91 Å². The molecule has 3 aromatic rings. The largest absolute Gasteiger partial charge is 0.508 e. The SMILES string of the molecule is O=C(NC1(c2cccc(F)c2)CC1)C1CCc2nnc(-c3ccc(O)cc3)n2C1. The lowest BCUT2D eigenvalue weighted by atomic mass is 9.96. The quantitative estimate of drug-likeness (QED) is 0.715. The van der Waals surface area contributed by atoms with Crippen LogP contribution in [0.15, 0.2) is 48.5 Å². The maximum absolute atomic E-state index is 13.6. The van der Waals surface area contributed by atoms with E-state index in [0.29, 0.717) is 25.2 Å². The third-order valence-corrected chi connectivity index (χ3v) is 5.93. The van der Waals surface area contributed by atoms with E-state index in [9.17, 15) is 14.3 Å². The first-order chi connectivity index (χ1) is 14.0. The fourth-order valence-electron chi connectivity index (χ4n) is 4.10. The van der Waals surface area contributed by atoms with Gasteiger partial charge in [0.15, 0.2) is 5.82 Å². The van der Waals surface area contributed by atoms with E-state index in [1.165, 1.54) is 12.1 Å². The molecule has 1 unspecified atom stereocenters. The van der Waals surface area contributed by atoms with Gasteiger partial charge in [-0.15, -0.1) is 10.2 Å². The van der Waals surface area contributed by atoms with E-state index in [1.54, 1.807) is 30.3 Å². The molecule has 1 aliphatic heterocycles.